The number of nitrogens with zero attached hydrogens (tertiary/aromatic N) is 1. The largest absolute Gasteiger partial charge is 0.329 e. The van der Waals surface area contributed by atoms with Crippen molar-refractivity contribution >= 4 is 10.9 Å². The topological polar surface area (TPSA) is 80.9 Å². The van der Waals surface area contributed by atoms with E-state index in [2.05, 4.69) is 4.98 Å². The number of rotatable bonds is 1. The number of aromatic nitrogens is 2. The maximum Gasteiger partial charge on any atom is 0.329 e. The van der Waals surface area contributed by atoms with E-state index < -0.39 is 17.1 Å². The lowest BCUT2D eigenvalue weighted by molar-refractivity contribution is 0.625. The van der Waals surface area contributed by atoms with Gasteiger partial charge in [0.25, 0.3) is 5.56 Å². The van der Waals surface area contributed by atoms with E-state index in [1.54, 1.807) is 0 Å². The average molecular weight is 209 g/mol. The van der Waals surface area contributed by atoms with E-state index in [1.165, 1.54) is 12.1 Å². The monoisotopic (exact) mass is 209 g/mol. The van der Waals surface area contributed by atoms with Crippen molar-refractivity contribution in [3.8, 4) is 0 Å². The van der Waals surface area contributed by atoms with Crippen molar-refractivity contribution in [2.75, 3.05) is 0 Å². The van der Waals surface area contributed by atoms with Crippen molar-refractivity contribution in [1.29, 1.82) is 0 Å². The number of halogens is 1. The van der Waals surface area contributed by atoms with Gasteiger partial charge in [-0.15, -0.1) is 0 Å². The Morgan fingerprint density at radius 3 is 2.80 bits per heavy atom. The summed E-state index contributed by atoms with van der Waals surface area (Å²) >= 11 is 0. The number of nitrogens with two attached hydrogens (primary N) is 1. The Kier molecular flexibility index (Phi) is 2.12. The highest BCUT2D eigenvalue weighted by molar-refractivity contribution is 5.77. The minimum atomic E-state index is -0.714. The van der Waals surface area contributed by atoms with Crippen molar-refractivity contribution in [3.05, 3.63) is 44.9 Å². The first-order valence-electron chi connectivity index (χ1n) is 4.26. The molecular formula is C9H8FN3O2. The number of aromatic amines is 1. The summed E-state index contributed by atoms with van der Waals surface area (Å²) in [5.41, 5.74) is 4.04. The molecule has 1 aromatic heterocycles. The first-order valence-corrected chi connectivity index (χ1v) is 4.26. The van der Waals surface area contributed by atoms with Crippen molar-refractivity contribution in [2.45, 2.75) is 6.67 Å². The van der Waals surface area contributed by atoms with Crippen LogP contribution in [0.3, 0.4) is 0 Å². The van der Waals surface area contributed by atoms with E-state index in [1.807, 2.05) is 0 Å². The lowest BCUT2D eigenvalue weighted by Crippen LogP contribution is -2.37. The fourth-order valence-corrected chi connectivity index (χ4v) is 1.42. The van der Waals surface area contributed by atoms with Gasteiger partial charge in [-0.25, -0.2) is 13.8 Å². The Morgan fingerprint density at radius 1 is 1.40 bits per heavy atom. The highest BCUT2D eigenvalue weighted by Crippen LogP contribution is 2.08. The summed E-state index contributed by atoms with van der Waals surface area (Å²) < 4.78 is 14.1. The third kappa shape index (κ3) is 1.35. The lowest BCUT2D eigenvalue weighted by atomic mass is 10.2. The van der Waals surface area contributed by atoms with E-state index in [0.29, 0.717) is 0 Å². The molecule has 0 aliphatic carbocycles. The molecule has 78 valence electrons. The number of hydrogen-bond acceptors (Lipinski definition) is 3. The van der Waals surface area contributed by atoms with Crippen LogP contribution in [0.1, 0.15) is 0 Å². The molecule has 0 aliphatic rings. The molecule has 1 aromatic carbocycles. The summed E-state index contributed by atoms with van der Waals surface area (Å²) in [5.74, 6) is -0.670. The van der Waals surface area contributed by atoms with Gasteiger partial charge in [0.15, 0.2) is 0 Å². The Morgan fingerprint density at radius 2 is 2.13 bits per heavy atom. The highest BCUT2D eigenvalue weighted by atomic mass is 19.1. The van der Waals surface area contributed by atoms with Crippen LogP contribution in [0, 0.1) is 5.82 Å². The lowest BCUT2D eigenvalue weighted by Gasteiger charge is -2.03. The Balaban J connectivity index is 3.06. The third-order valence-corrected chi connectivity index (χ3v) is 2.14. The number of H-pyrrole nitrogens is 1. The number of fused-ring (bicyclic) bond motifs is 1. The van der Waals surface area contributed by atoms with Crippen LogP contribution in [0.2, 0.25) is 0 Å². The Hall–Kier alpha value is -1.95. The van der Waals surface area contributed by atoms with Crippen LogP contribution in [0.25, 0.3) is 10.9 Å². The zero-order valence-corrected chi connectivity index (χ0v) is 7.66. The minimum Gasteiger partial charge on any atom is -0.313 e. The highest BCUT2D eigenvalue weighted by Gasteiger charge is 2.09. The number of nitrogens with one attached hydrogen (secondary N) is 1. The molecule has 0 saturated carbocycles. The summed E-state index contributed by atoms with van der Waals surface area (Å²) in [7, 11) is 0. The van der Waals surface area contributed by atoms with E-state index in [-0.39, 0.29) is 17.6 Å². The fourth-order valence-electron chi connectivity index (χ4n) is 1.42. The quantitative estimate of drug-likeness (QED) is 0.679. The van der Waals surface area contributed by atoms with E-state index in [9.17, 15) is 14.0 Å². The van der Waals surface area contributed by atoms with Crippen LogP contribution in [-0.2, 0) is 6.67 Å². The van der Waals surface area contributed by atoms with Gasteiger partial charge in [-0.05, 0) is 12.1 Å². The maximum atomic E-state index is 13.3. The van der Waals surface area contributed by atoms with E-state index >= 15 is 0 Å². The molecule has 0 fully saturated rings. The molecule has 2 aromatic rings. The van der Waals surface area contributed by atoms with Crippen LogP contribution < -0.4 is 17.0 Å². The van der Waals surface area contributed by atoms with Crippen molar-refractivity contribution < 1.29 is 4.39 Å². The molecule has 15 heavy (non-hydrogen) atoms. The SMILES string of the molecule is NCn1c(=O)[nH]c2cccc(F)c2c1=O. The number of benzene rings is 1. The Labute approximate surface area is 83.0 Å². The van der Waals surface area contributed by atoms with E-state index in [0.717, 1.165) is 10.6 Å². The van der Waals surface area contributed by atoms with E-state index in [4.69, 9.17) is 5.73 Å². The molecule has 0 amide bonds. The first kappa shape index (κ1) is 9.60. The molecule has 3 N–H and O–H groups in total. The smallest absolute Gasteiger partial charge is 0.313 e. The van der Waals surface area contributed by atoms with Gasteiger partial charge >= 0.3 is 5.69 Å². The second kappa shape index (κ2) is 3.32. The van der Waals surface area contributed by atoms with Crippen LogP contribution >= 0.6 is 0 Å². The van der Waals surface area contributed by atoms with Gasteiger partial charge < -0.3 is 10.7 Å². The van der Waals surface area contributed by atoms with Crippen LogP contribution in [0.5, 0.6) is 0 Å². The van der Waals surface area contributed by atoms with Crippen molar-refractivity contribution in [2.24, 2.45) is 5.73 Å². The molecule has 1 heterocycles. The number of hydrogen-bond donors (Lipinski definition) is 2. The summed E-state index contributed by atoms with van der Waals surface area (Å²) in [4.78, 5) is 25.3. The molecule has 0 bridgehead atoms. The second-order valence-corrected chi connectivity index (χ2v) is 3.01. The standard InChI is InChI=1S/C9H8FN3O2/c10-5-2-1-3-6-7(5)8(14)13(4-11)9(15)12-6/h1-3H,4,11H2,(H,12,15). The zero-order chi connectivity index (χ0) is 11.0. The molecule has 6 heteroatoms. The van der Waals surface area contributed by atoms with Gasteiger partial charge in [-0.2, -0.15) is 0 Å². The Bertz CT molecular complexity index is 629. The van der Waals surface area contributed by atoms with Gasteiger partial charge in [-0.3, -0.25) is 4.79 Å². The molecule has 2 rings (SSSR count). The molecule has 0 saturated heterocycles. The fraction of sp³-hybridized carbons (Fsp3) is 0.111. The minimum absolute atomic E-state index is 0.150. The van der Waals surface area contributed by atoms with Gasteiger partial charge in [0.05, 0.1) is 17.6 Å². The second-order valence-electron chi connectivity index (χ2n) is 3.01. The van der Waals surface area contributed by atoms with Gasteiger partial charge in [-0.1, -0.05) is 6.07 Å². The molecular weight excluding hydrogens is 201 g/mol. The first-order chi connectivity index (χ1) is 7.15. The molecule has 0 unspecified atom stereocenters. The van der Waals surface area contributed by atoms with Gasteiger partial charge in [0.1, 0.15) is 5.82 Å². The molecule has 0 atom stereocenters. The predicted molar refractivity (Wildman–Crippen MR) is 53.0 cm³/mol. The molecule has 5 nitrogen and oxygen atoms in total. The third-order valence-electron chi connectivity index (χ3n) is 2.14. The normalized spacial score (nSPS) is 10.8. The maximum absolute atomic E-state index is 13.3. The molecule has 0 radical (unpaired) electrons. The average Bonchev–Trinajstić information content (AvgIpc) is 2.17. The summed E-state index contributed by atoms with van der Waals surface area (Å²) in [5, 5.41) is -0.150. The van der Waals surface area contributed by atoms with Crippen LogP contribution in [-0.4, -0.2) is 9.55 Å². The van der Waals surface area contributed by atoms with Gasteiger partial charge in [0.2, 0.25) is 0 Å². The molecule has 0 aliphatic heterocycles. The van der Waals surface area contributed by atoms with Crippen molar-refractivity contribution in [3.63, 3.8) is 0 Å². The van der Waals surface area contributed by atoms with Crippen LogP contribution in [0.4, 0.5) is 4.39 Å². The summed E-state index contributed by atoms with van der Waals surface area (Å²) in [6.45, 7) is -0.279. The summed E-state index contributed by atoms with van der Waals surface area (Å²) in [6, 6.07) is 4.03. The van der Waals surface area contributed by atoms with Crippen molar-refractivity contribution in [1.82, 2.24) is 9.55 Å². The van der Waals surface area contributed by atoms with Gasteiger partial charge in [0, 0.05) is 0 Å². The molecule has 0 spiro atoms. The zero-order valence-electron chi connectivity index (χ0n) is 7.66. The summed E-state index contributed by atoms with van der Waals surface area (Å²) in [6.07, 6.45) is 0. The van der Waals surface area contributed by atoms with Crippen LogP contribution in [0.15, 0.2) is 27.8 Å². The predicted octanol–water partition coefficient (Wildman–Crippen LogP) is -0.255.